The molecule has 2 aliphatic heterocycles. The van der Waals surface area contributed by atoms with Crippen LogP contribution in [-0.2, 0) is 20.9 Å². The van der Waals surface area contributed by atoms with Gasteiger partial charge < -0.3 is 15.5 Å². The third-order valence-corrected chi connectivity index (χ3v) is 7.20. The van der Waals surface area contributed by atoms with Gasteiger partial charge in [0.2, 0.25) is 17.7 Å². The molecule has 4 rings (SSSR count). The maximum atomic E-state index is 13.4. The Bertz CT molecular complexity index is 941. The van der Waals surface area contributed by atoms with Crippen molar-refractivity contribution in [3.63, 3.8) is 0 Å². The molecule has 35 heavy (non-hydrogen) atoms. The molecular weight excluding hydrogens is 448 g/mol. The van der Waals surface area contributed by atoms with E-state index in [1.54, 1.807) is 9.80 Å². The van der Waals surface area contributed by atoms with Gasteiger partial charge in [0.1, 0.15) is 6.54 Å². The van der Waals surface area contributed by atoms with Crippen LogP contribution in [0.3, 0.4) is 0 Å². The van der Waals surface area contributed by atoms with Gasteiger partial charge in [-0.2, -0.15) is 5.43 Å². The summed E-state index contributed by atoms with van der Waals surface area (Å²) in [5, 5.41) is 7.07. The van der Waals surface area contributed by atoms with Gasteiger partial charge in [-0.3, -0.25) is 19.3 Å². The molecule has 4 atom stereocenters. The van der Waals surface area contributed by atoms with Crippen molar-refractivity contribution in [2.45, 2.75) is 77.3 Å². The molecule has 0 aromatic heterocycles. The Morgan fingerprint density at radius 1 is 1.11 bits per heavy atom. The second-order valence-corrected chi connectivity index (χ2v) is 9.66. The van der Waals surface area contributed by atoms with Crippen molar-refractivity contribution >= 4 is 23.8 Å². The van der Waals surface area contributed by atoms with E-state index < -0.39 is 6.29 Å². The zero-order chi connectivity index (χ0) is 24.9. The van der Waals surface area contributed by atoms with Gasteiger partial charge in [0, 0.05) is 31.6 Å². The molecule has 0 bridgehead atoms. The first-order valence-electron chi connectivity index (χ1n) is 12.7. The number of carbonyl (C=O) groups is 4. The predicted octanol–water partition coefficient (Wildman–Crippen LogP) is 1.53. The fourth-order valence-corrected chi connectivity index (χ4v) is 5.12. The van der Waals surface area contributed by atoms with Gasteiger partial charge >= 0.3 is 6.03 Å². The minimum atomic E-state index is -0.687. The minimum absolute atomic E-state index is 0.0250. The second-order valence-electron chi connectivity index (χ2n) is 9.66. The molecule has 2 saturated heterocycles. The Hall–Kier alpha value is -3.14. The number of rotatable bonds is 9. The van der Waals surface area contributed by atoms with Crippen molar-refractivity contribution in [2.24, 2.45) is 5.92 Å². The Morgan fingerprint density at radius 3 is 2.60 bits per heavy atom. The smallest absolute Gasteiger partial charge is 0.337 e. The van der Waals surface area contributed by atoms with Gasteiger partial charge in [0.05, 0.1) is 5.92 Å². The summed E-state index contributed by atoms with van der Waals surface area (Å²) >= 11 is 0. The van der Waals surface area contributed by atoms with Crippen LogP contribution in [0.2, 0.25) is 0 Å². The lowest BCUT2D eigenvalue weighted by molar-refractivity contribution is -0.156. The summed E-state index contributed by atoms with van der Waals surface area (Å²) in [7, 11) is 0. The van der Waals surface area contributed by atoms with E-state index in [1.165, 1.54) is 5.01 Å². The van der Waals surface area contributed by atoms with Gasteiger partial charge in [0.15, 0.2) is 6.29 Å². The molecule has 190 valence electrons. The maximum Gasteiger partial charge on any atom is 0.337 e. The molecule has 0 radical (unpaired) electrons. The van der Waals surface area contributed by atoms with Gasteiger partial charge in [0.25, 0.3) is 0 Å². The van der Waals surface area contributed by atoms with Crippen LogP contribution >= 0.6 is 0 Å². The number of hydrazine groups is 1. The highest BCUT2D eigenvalue weighted by Gasteiger charge is 2.54. The lowest BCUT2D eigenvalue weighted by Crippen LogP contribution is -2.66. The highest BCUT2D eigenvalue weighted by molar-refractivity contribution is 5.88. The summed E-state index contributed by atoms with van der Waals surface area (Å²) in [5.41, 5.74) is 4.05. The van der Waals surface area contributed by atoms with E-state index in [0.717, 1.165) is 37.7 Å². The number of carbonyl (C=O) groups excluding carboxylic acids is 4. The number of urea groups is 1. The first-order chi connectivity index (χ1) is 16.9. The summed E-state index contributed by atoms with van der Waals surface area (Å²) in [6.07, 6.45) is 3.69. The Kier molecular flexibility index (Phi) is 7.90. The van der Waals surface area contributed by atoms with E-state index >= 15 is 0 Å². The lowest BCUT2D eigenvalue weighted by atomic mass is 9.81. The number of benzene rings is 1. The fraction of sp³-hybridized carbons (Fsp3) is 0.600. The molecule has 1 aliphatic carbocycles. The lowest BCUT2D eigenvalue weighted by Gasteiger charge is -2.48. The van der Waals surface area contributed by atoms with Crippen LogP contribution in [0, 0.1) is 5.92 Å². The van der Waals surface area contributed by atoms with Crippen molar-refractivity contribution in [2.75, 3.05) is 13.1 Å². The second kappa shape index (κ2) is 11.1. The summed E-state index contributed by atoms with van der Waals surface area (Å²) in [6.45, 7) is 4.36. The summed E-state index contributed by atoms with van der Waals surface area (Å²) < 4.78 is 0. The highest BCUT2D eigenvalue weighted by Crippen LogP contribution is 2.38. The van der Waals surface area contributed by atoms with Gasteiger partial charge in [-0.25, -0.2) is 9.80 Å². The van der Waals surface area contributed by atoms with Crippen LogP contribution in [0.4, 0.5) is 4.79 Å². The zero-order valence-electron chi connectivity index (χ0n) is 20.5. The topological polar surface area (TPSA) is 114 Å². The SMILES string of the molecule is CCC(C)NC(=O)CCN1C(=O)C2CCCCC2N2C(=O)N(CC(=O)NCc3ccccc3)NC12. The summed E-state index contributed by atoms with van der Waals surface area (Å²) in [4.78, 5) is 55.1. The fourth-order valence-electron chi connectivity index (χ4n) is 5.12. The van der Waals surface area contributed by atoms with E-state index in [1.807, 2.05) is 44.2 Å². The summed E-state index contributed by atoms with van der Waals surface area (Å²) in [5.74, 6) is -0.704. The average Bonchev–Trinajstić information content (AvgIpc) is 3.18. The Balaban J connectivity index is 1.43. The quantitative estimate of drug-likeness (QED) is 0.492. The molecule has 10 heteroatoms. The number of hydrogen-bond acceptors (Lipinski definition) is 5. The van der Waals surface area contributed by atoms with Crippen molar-refractivity contribution in [3.05, 3.63) is 35.9 Å². The molecule has 3 N–H and O–H groups in total. The number of hydrogen-bond donors (Lipinski definition) is 3. The largest absolute Gasteiger partial charge is 0.354 e. The van der Waals surface area contributed by atoms with Crippen LogP contribution < -0.4 is 16.1 Å². The molecule has 3 fully saturated rings. The maximum absolute atomic E-state index is 13.4. The number of nitrogens with zero attached hydrogens (tertiary/aromatic N) is 3. The average molecular weight is 485 g/mol. The van der Waals surface area contributed by atoms with Crippen LogP contribution in [0.1, 0.15) is 57.9 Å². The molecule has 10 nitrogen and oxygen atoms in total. The Morgan fingerprint density at radius 2 is 1.86 bits per heavy atom. The van der Waals surface area contributed by atoms with Crippen molar-refractivity contribution in [1.82, 2.24) is 30.9 Å². The van der Waals surface area contributed by atoms with E-state index in [0.29, 0.717) is 6.54 Å². The number of nitrogens with one attached hydrogen (secondary N) is 3. The molecule has 4 unspecified atom stereocenters. The standard InChI is InChI=1S/C25H36N6O4/c1-3-17(2)27-21(32)13-14-29-23(34)19-11-7-8-12-20(19)31-24(29)28-30(25(31)35)16-22(33)26-15-18-9-5-4-6-10-18/h4-6,9-10,17,19-20,24,28H,3,7-8,11-16H2,1-2H3,(H,26,33)(H,27,32). The zero-order valence-corrected chi connectivity index (χ0v) is 20.5. The van der Waals surface area contributed by atoms with Crippen LogP contribution in [0.15, 0.2) is 30.3 Å². The first-order valence-corrected chi connectivity index (χ1v) is 12.7. The first kappa shape index (κ1) is 25.0. The van der Waals surface area contributed by atoms with Gasteiger partial charge in [-0.15, -0.1) is 0 Å². The monoisotopic (exact) mass is 484 g/mol. The molecule has 0 spiro atoms. The van der Waals surface area contributed by atoms with E-state index in [4.69, 9.17) is 0 Å². The van der Waals surface area contributed by atoms with E-state index in [-0.39, 0.29) is 61.3 Å². The van der Waals surface area contributed by atoms with Gasteiger partial charge in [-0.05, 0) is 31.7 Å². The van der Waals surface area contributed by atoms with Crippen molar-refractivity contribution in [1.29, 1.82) is 0 Å². The molecule has 5 amide bonds. The third kappa shape index (κ3) is 5.58. The molecule has 1 saturated carbocycles. The predicted molar refractivity (Wildman–Crippen MR) is 129 cm³/mol. The number of fused-ring (bicyclic) bond motifs is 3. The molecule has 2 heterocycles. The van der Waals surface area contributed by atoms with Crippen LogP contribution in [0.5, 0.6) is 0 Å². The van der Waals surface area contributed by atoms with Crippen molar-refractivity contribution < 1.29 is 19.2 Å². The Labute approximate surface area is 206 Å². The molecule has 1 aromatic carbocycles. The van der Waals surface area contributed by atoms with Crippen molar-refractivity contribution in [3.8, 4) is 0 Å². The van der Waals surface area contributed by atoms with E-state index in [2.05, 4.69) is 16.1 Å². The van der Waals surface area contributed by atoms with Crippen LogP contribution in [0.25, 0.3) is 0 Å². The highest BCUT2D eigenvalue weighted by atomic mass is 16.2. The summed E-state index contributed by atoms with van der Waals surface area (Å²) in [6, 6.07) is 9.13. The minimum Gasteiger partial charge on any atom is -0.354 e. The molecule has 3 aliphatic rings. The normalized spacial score (nSPS) is 24.6. The van der Waals surface area contributed by atoms with Gasteiger partial charge in [-0.1, -0.05) is 50.1 Å². The number of amides is 5. The van der Waals surface area contributed by atoms with Crippen LogP contribution in [-0.4, -0.2) is 70.0 Å². The molecule has 1 aromatic rings. The molecular formula is C25H36N6O4. The third-order valence-electron chi connectivity index (χ3n) is 7.20. The van der Waals surface area contributed by atoms with E-state index in [9.17, 15) is 19.2 Å².